The van der Waals surface area contributed by atoms with Crippen LogP contribution in [0.5, 0.6) is 0 Å². The molecule has 0 aromatic rings. The van der Waals surface area contributed by atoms with Crippen LogP contribution >= 0.6 is 7.82 Å². The average Bonchev–Trinajstić information content (AvgIpc) is 3.11. The van der Waals surface area contributed by atoms with Crippen LogP contribution in [0.4, 0.5) is 0 Å². The number of carbonyl (C=O) groups is 2. The normalized spacial score (nSPS) is 12.9. The second-order valence-corrected chi connectivity index (χ2v) is 15.2. The number of esters is 2. The van der Waals surface area contributed by atoms with Gasteiger partial charge in [0, 0.05) is 12.8 Å². The average molecular weight is 753 g/mol. The van der Waals surface area contributed by atoms with Gasteiger partial charge >= 0.3 is 19.8 Å². The Balaban J connectivity index is 3.89. The largest absolute Gasteiger partial charge is 0.469 e. The van der Waals surface area contributed by atoms with Crippen molar-refractivity contribution >= 4 is 19.8 Å². The van der Waals surface area contributed by atoms with Crippen LogP contribution in [0.25, 0.3) is 0 Å². The molecule has 0 aliphatic carbocycles. The summed E-state index contributed by atoms with van der Waals surface area (Å²) in [6, 6.07) is 0. The van der Waals surface area contributed by atoms with Crippen LogP contribution in [0.15, 0.2) is 48.6 Å². The fraction of sp³-hybridized carbons (Fsp3) is 0.767. The Hall–Kier alpha value is -1.99. The van der Waals surface area contributed by atoms with Gasteiger partial charge in [0.15, 0.2) is 6.10 Å². The van der Waals surface area contributed by atoms with E-state index in [4.69, 9.17) is 19.3 Å². The predicted molar refractivity (Wildman–Crippen MR) is 216 cm³/mol. The molecular weight excluding hydrogens is 675 g/mol. The third kappa shape index (κ3) is 40.8. The molecule has 0 saturated heterocycles. The van der Waals surface area contributed by atoms with Crippen molar-refractivity contribution in [2.45, 2.75) is 200 Å². The van der Waals surface area contributed by atoms with Crippen molar-refractivity contribution in [3.63, 3.8) is 0 Å². The molecule has 0 heterocycles. The molecule has 0 aromatic heterocycles. The van der Waals surface area contributed by atoms with Crippen LogP contribution in [0.2, 0.25) is 0 Å². The van der Waals surface area contributed by atoms with Crippen molar-refractivity contribution in [1.82, 2.24) is 0 Å². The molecule has 52 heavy (non-hydrogen) atoms. The van der Waals surface area contributed by atoms with Gasteiger partial charge in [-0.1, -0.05) is 172 Å². The number of rotatable bonds is 38. The lowest BCUT2D eigenvalue weighted by Gasteiger charge is -2.18. The van der Waals surface area contributed by atoms with Gasteiger partial charge in [0.05, 0.1) is 6.61 Å². The molecule has 0 fully saturated rings. The van der Waals surface area contributed by atoms with E-state index in [0.717, 1.165) is 64.2 Å². The summed E-state index contributed by atoms with van der Waals surface area (Å²) in [7, 11) is -4.76. The third-order valence-corrected chi connectivity index (χ3v) is 9.38. The zero-order valence-corrected chi connectivity index (χ0v) is 34.1. The van der Waals surface area contributed by atoms with Gasteiger partial charge in [-0.15, -0.1) is 0 Å². The van der Waals surface area contributed by atoms with Crippen molar-refractivity contribution in [1.29, 1.82) is 0 Å². The fourth-order valence-corrected chi connectivity index (χ4v) is 6.14. The zero-order valence-electron chi connectivity index (χ0n) is 33.2. The molecule has 0 amide bonds. The van der Waals surface area contributed by atoms with Crippen molar-refractivity contribution in [3.05, 3.63) is 48.6 Å². The van der Waals surface area contributed by atoms with Gasteiger partial charge in [-0.05, 0) is 57.8 Å². The summed E-state index contributed by atoms with van der Waals surface area (Å²) in [5, 5.41) is 0. The molecule has 0 saturated carbocycles. The summed E-state index contributed by atoms with van der Waals surface area (Å²) < 4.78 is 26.3. The summed E-state index contributed by atoms with van der Waals surface area (Å²) in [6.45, 7) is 3.53. The van der Waals surface area contributed by atoms with Crippen molar-refractivity contribution in [2.75, 3.05) is 13.2 Å². The molecule has 9 heteroatoms. The van der Waals surface area contributed by atoms with Crippen LogP contribution in [0.1, 0.15) is 194 Å². The first kappa shape index (κ1) is 50.0. The Morgan fingerprint density at radius 1 is 0.519 bits per heavy atom. The quantitative estimate of drug-likeness (QED) is 0.0210. The van der Waals surface area contributed by atoms with Crippen LogP contribution in [0.3, 0.4) is 0 Å². The lowest BCUT2D eigenvalue weighted by Crippen LogP contribution is -2.29. The van der Waals surface area contributed by atoms with Crippen molar-refractivity contribution in [3.8, 4) is 0 Å². The maximum absolute atomic E-state index is 12.4. The SMILES string of the molecule is CC/C=C/C=C/C=C/CCCCCCCC(=O)OC(COC(=O)CCCCCCCCC/C=C/CCCCCCCCCCCC)COP(=O)(O)O. The summed E-state index contributed by atoms with van der Waals surface area (Å²) >= 11 is 0. The Bertz CT molecular complexity index is 984. The topological polar surface area (TPSA) is 119 Å². The highest BCUT2D eigenvalue weighted by Crippen LogP contribution is 2.36. The van der Waals surface area contributed by atoms with E-state index >= 15 is 0 Å². The van der Waals surface area contributed by atoms with Crippen molar-refractivity contribution < 1.29 is 37.9 Å². The second kappa shape index (κ2) is 38.7. The standard InChI is InChI=1S/C43H77O8P/c1-3-5-7-9-11-13-15-17-18-19-20-21-22-23-24-26-27-29-31-33-35-37-42(44)49-39-41(40-50-52(46,47)48)51-43(45)38-36-34-32-30-28-25-16-14-12-10-8-6-4-2/h6,8,10,12,14,16,21-22,41H,3-5,7,9,11,13,15,17-20,23-40H2,1-2H3,(H2,46,47,48)/b8-6+,12-10+,16-14+,22-21+. The van der Waals surface area contributed by atoms with Gasteiger partial charge < -0.3 is 19.3 Å². The third-order valence-electron chi connectivity index (χ3n) is 8.89. The van der Waals surface area contributed by atoms with Gasteiger partial charge in [0.1, 0.15) is 6.61 Å². The summed E-state index contributed by atoms with van der Waals surface area (Å²) in [5.74, 6) is -0.913. The van der Waals surface area contributed by atoms with E-state index in [-0.39, 0.29) is 19.4 Å². The number of phosphoric acid groups is 1. The molecule has 0 aliphatic heterocycles. The van der Waals surface area contributed by atoms with Gasteiger partial charge in [0.2, 0.25) is 0 Å². The first-order valence-corrected chi connectivity index (χ1v) is 22.5. The van der Waals surface area contributed by atoms with Crippen LogP contribution in [-0.4, -0.2) is 41.0 Å². The molecule has 302 valence electrons. The van der Waals surface area contributed by atoms with Gasteiger partial charge in [-0.25, -0.2) is 4.57 Å². The lowest BCUT2D eigenvalue weighted by molar-refractivity contribution is -0.161. The minimum Gasteiger partial charge on any atom is -0.462 e. The van der Waals surface area contributed by atoms with E-state index in [2.05, 4.69) is 48.8 Å². The number of ether oxygens (including phenoxy) is 2. The Morgan fingerprint density at radius 3 is 1.42 bits per heavy atom. The number of unbranched alkanes of at least 4 members (excludes halogenated alkanes) is 22. The molecule has 1 atom stereocenters. The molecule has 8 nitrogen and oxygen atoms in total. The Morgan fingerprint density at radius 2 is 0.942 bits per heavy atom. The molecule has 0 aliphatic rings. The molecule has 0 radical (unpaired) electrons. The smallest absolute Gasteiger partial charge is 0.462 e. The number of hydrogen-bond donors (Lipinski definition) is 2. The first-order chi connectivity index (χ1) is 25.3. The maximum atomic E-state index is 12.4. The zero-order chi connectivity index (χ0) is 38.2. The summed E-state index contributed by atoms with van der Waals surface area (Å²) in [5.41, 5.74) is 0. The Kier molecular flexibility index (Phi) is 37.2. The summed E-state index contributed by atoms with van der Waals surface area (Å²) in [4.78, 5) is 42.8. The molecule has 0 aromatic carbocycles. The second-order valence-electron chi connectivity index (χ2n) is 14.0. The van der Waals surface area contributed by atoms with E-state index in [1.807, 2.05) is 18.2 Å². The summed E-state index contributed by atoms with van der Waals surface area (Å²) in [6.07, 6.45) is 47.0. The molecular formula is C43H77O8P. The molecule has 0 spiro atoms. The fourth-order valence-electron chi connectivity index (χ4n) is 5.78. The highest BCUT2D eigenvalue weighted by molar-refractivity contribution is 7.46. The monoisotopic (exact) mass is 753 g/mol. The molecule has 0 rings (SSSR count). The Labute approximate surface area is 318 Å². The number of allylic oxidation sites excluding steroid dienone is 8. The predicted octanol–water partition coefficient (Wildman–Crippen LogP) is 12.7. The van der Waals surface area contributed by atoms with Crippen LogP contribution in [0, 0.1) is 0 Å². The van der Waals surface area contributed by atoms with Crippen LogP contribution in [-0.2, 0) is 28.2 Å². The number of phosphoric ester groups is 1. The first-order valence-electron chi connectivity index (χ1n) is 21.0. The lowest BCUT2D eigenvalue weighted by atomic mass is 10.1. The van der Waals surface area contributed by atoms with E-state index in [1.54, 1.807) is 0 Å². The van der Waals surface area contributed by atoms with E-state index in [1.165, 1.54) is 89.9 Å². The van der Waals surface area contributed by atoms with Gasteiger partial charge in [0.25, 0.3) is 0 Å². The minimum atomic E-state index is -4.76. The number of carbonyl (C=O) groups excluding carboxylic acids is 2. The molecule has 0 bridgehead atoms. The van der Waals surface area contributed by atoms with E-state index < -0.39 is 32.5 Å². The molecule has 1 unspecified atom stereocenters. The van der Waals surface area contributed by atoms with E-state index in [0.29, 0.717) is 12.8 Å². The van der Waals surface area contributed by atoms with Crippen LogP contribution < -0.4 is 0 Å². The van der Waals surface area contributed by atoms with Gasteiger partial charge in [-0.3, -0.25) is 14.1 Å². The highest BCUT2D eigenvalue weighted by atomic mass is 31.2. The van der Waals surface area contributed by atoms with Gasteiger partial charge in [-0.2, -0.15) is 0 Å². The maximum Gasteiger partial charge on any atom is 0.469 e. The van der Waals surface area contributed by atoms with Crippen molar-refractivity contribution in [2.24, 2.45) is 0 Å². The highest BCUT2D eigenvalue weighted by Gasteiger charge is 2.22. The minimum absolute atomic E-state index is 0.187. The molecule has 2 N–H and O–H groups in total. The van der Waals surface area contributed by atoms with E-state index in [9.17, 15) is 14.2 Å². The number of hydrogen-bond acceptors (Lipinski definition) is 6.